The van der Waals surface area contributed by atoms with Gasteiger partial charge in [0.05, 0.1) is 12.6 Å². The Morgan fingerprint density at radius 3 is 2.65 bits per heavy atom. The van der Waals surface area contributed by atoms with Crippen molar-refractivity contribution in [3.05, 3.63) is 35.4 Å². The molecule has 2 aliphatic rings. The molecule has 1 aliphatic heterocycles. The summed E-state index contributed by atoms with van der Waals surface area (Å²) in [6, 6.07) is 8.41. The van der Waals surface area contributed by atoms with Crippen LogP contribution in [0.1, 0.15) is 49.8 Å². The summed E-state index contributed by atoms with van der Waals surface area (Å²) < 4.78 is 0. The van der Waals surface area contributed by atoms with E-state index in [-0.39, 0.29) is 30.3 Å². The summed E-state index contributed by atoms with van der Waals surface area (Å²) in [4.78, 5) is 28.6. The number of hydrogen-bond acceptors (Lipinski definition) is 2. The number of amides is 2. The molecule has 4 nitrogen and oxygen atoms in total. The SMILES string of the molecule is CC1c2ccccc2CCN1C(=O)CN(C)C(=O)C1CCCC1. The van der Waals surface area contributed by atoms with E-state index in [0.29, 0.717) is 0 Å². The average Bonchev–Trinajstić information content (AvgIpc) is 3.09. The number of carbonyl (C=O) groups is 2. The number of likely N-dealkylation sites (N-methyl/N-ethyl adjacent to an activating group) is 1. The fraction of sp³-hybridized carbons (Fsp3) is 0.579. The van der Waals surface area contributed by atoms with Gasteiger partial charge in [0.1, 0.15) is 0 Å². The van der Waals surface area contributed by atoms with Gasteiger partial charge in [-0.25, -0.2) is 0 Å². The Labute approximate surface area is 138 Å². The third kappa shape index (κ3) is 3.26. The van der Waals surface area contributed by atoms with E-state index in [4.69, 9.17) is 0 Å². The monoisotopic (exact) mass is 314 g/mol. The molecular formula is C19H26N2O2. The van der Waals surface area contributed by atoms with Crippen molar-refractivity contribution in [2.75, 3.05) is 20.1 Å². The van der Waals surface area contributed by atoms with Gasteiger partial charge in [0.2, 0.25) is 11.8 Å². The topological polar surface area (TPSA) is 40.6 Å². The maximum atomic E-state index is 12.7. The van der Waals surface area contributed by atoms with Crippen molar-refractivity contribution in [2.45, 2.75) is 45.1 Å². The molecule has 0 spiro atoms. The van der Waals surface area contributed by atoms with Crippen LogP contribution in [0.25, 0.3) is 0 Å². The highest BCUT2D eigenvalue weighted by Crippen LogP contribution is 2.30. The summed E-state index contributed by atoms with van der Waals surface area (Å²) in [5, 5.41) is 0. The number of nitrogens with zero attached hydrogens (tertiary/aromatic N) is 2. The van der Waals surface area contributed by atoms with Gasteiger partial charge in [-0.05, 0) is 37.3 Å². The van der Waals surface area contributed by atoms with E-state index in [1.165, 1.54) is 11.1 Å². The molecule has 0 bridgehead atoms. The zero-order valence-corrected chi connectivity index (χ0v) is 14.1. The van der Waals surface area contributed by atoms with Crippen LogP contribution in [0.2, 0.25) is 0 Å². The van der Waals surface area contributed by atoms with Crippen molar-refractivity contribution in [3.8, 4) is 0 Å². The fourth-order valence-electron chi connectivity index (χ4n) is 3.97. The van der Waals surface area contributed by atoms with E-state index in [9.17, 15) is 9.59 Å². The molecule has 0 radical (unpaired) electrons. The Hall–Kier alpha value is -1.84. The van der Waals surface area contributed by atoms with Gasteiger partial charge >= 0.3 is 0 Å². The minimum atomic E-state index is 0.0563. The summed E-state index contributed by atoms with van der Waals surface area (Å²) >= 11 is 0. The highest BCUT2D eigenvalue weighted by atomic mass is 16.2. The average molecular weight is 314 g/mol. The fourth-order valence-corrected chi connectivity index (χ4v) is 3.97. The van der Waals surface area contributed by atoms with Crippen LogP contribution in [0.5, 0.6) is 0 Å². The Bertz CT molecular complexity index is 593. The zero-order chi connectivity index (χ0) is 16.4. The number of fused-ring (bicyclic) bond motifs is 1. The van der Waals surface area contributed by atoms with Crippen molar-refractivity contribution in [1.29, 1.82) is 0 Å². The molecule has 1 aromatic carbocycles. The largest absolute Gasteiger partial charge is 0.336 e. The molecule has 1 heterocycles. The highest BCUT2D eigenvalue weighted by molar-refractivity contribution is 5.86. The van der Waals surface area contributed by atoms with Crippen LogP contribution in [-0.2, 0) is 16.0 Å². The number of rotatable bonds is 3. The summed E-state index contributed by atoms with van der Waals surface area (Å²) in [6.07, 6.45) is 5.12. The molecule has 1 unspecified atom stereocenters. The van der Waals surface area contributed by atoms with Gasteiger partial charge in [-0.1, -0.05) is 37.1 Å². The van der Waals surface area contributed by atoms with Crippen LogP contribution >= 0.6 is 0 Å². The lowest BCUT2D eigenvalue weighted by molar-refractivity contribution is -0.142. The van der Waals surface area contributed by atoms with E-state index in [1.54, 1.807) is 11.9 Å². The lowest BCUT2D eigenvalue weighted by atomic mass is 9.93. The molecule has 1 fully saturated rings. The first-order valence-corrected chi connectivity index (χ1v) is 8.70. The number of hydrogen-bond donors (Lipinski definition) is 0. The lowest BCUT2D eigenvalue weighted by Gasteiger charge is -2.36. The first kappa shape index (κ1) is 16.0. The standard InChI is InChI=1S/C19H26N2O2/c1-14-17-10-6-5-7-15(17)11-12-21(14)18(22)13-20(2)19(23)16-8-3-4-9-16/h5-7,10,14,16H,3-4,8-9,11-13H2,1-2H3. The molecule has 0 aromatic heterocycles. The van der Waals surface area contributed by atoms with Crippen LogP contribution in [0.4, 0.5) is 0 Å². The van der Waals surface area contributed by atoms with E-state index >= 15 is 0 Å². The van der Waals surface area contributed by atoms with Crippen molar-refractivity contribution in [2.24, 2.45) is 5.92 Å². The third-order valence-corrected chi connectivity index (χ3v) is 5.37. The van der Waals surface area contributed by atoms with E-state index in [2.05, 4.69) is 25.1 Å². The van der Waals surface area contributed by atoms with Crippen molar-refractivity contribution >= 4 is 11.8 Å². The van der Waals surface area contributed by atoms with Crippen molar-refractivity contribution < 1.29 is 9.59 Å². The maximum absolute atomic E-state index is 12.7. The Morgan fingerprint density at radius 2 is 1.91 bits per heavy atom. The van der Waals surface area contributed by atoms with Gasteiger partial charge in [-0.2, -0.15) is 0 Å². The predicted octanol–water partition coefficient (Wildman–Crippen LogP) is 2.78. The second-order valence-corrected chi connectivity index (χ2v) is 6.89. The van der Waals surface area contributed by atoms with Gasteiger partial charge in [-0.15, -0.1) is 0 Å². The molecular weight excluding hydrogens is 288 g/mol. The minimum Gasteiger partial charge on any atom is -0.336 e. The third-order valence-electron chi connectivity index (χ3n) is 5.37. The van der Waals surface area contributed by atoms with E-state index in [0.717, 1.165) is 38.6 Å². The number of benzene rings is 1. The molecule has 124 valence electrons. The van der Waals surface area contributed by atoms with Crippen molar-refractivity contribution in [3.63, 3.8) is 0 Å². The molecule has 0 saturated heterocycles. The Kier molecular flexibility index (Phi) is 4.69. The first-order chi connectivity index (χ1) is 11.1. The minimum absolute atomic E-state index is 0.0563. The second-order valence-electron chi connectivity index (χ2n) is 6.89. The molecule has 23 heavy (non-hydrogen) atoms. The second kappa shape index (κ2) is 6.73. The van der Waals surface area contributed by atoms with Crippen LogP contribution in [0.3, 0.4) is 0 Å². The summed E-state index contributed by atoms with van der Waals surface area (Å²) in [5.74, 6) is 0.328. The highest BCUT2D eigenvalue weighted by Gasteiger charge is 2.30. The zero-order valence-electron chi connectivity index (χ0n) is 14.1. The normalized spacial score (nSPS) is 21.1. The summed E-state index contributed by atoms with van der Waals surface area (Å²) in [6.45, 7) is 3.01. The molecule has 1 saturated carbocycles. The maximum Gasteiger partial charge on any atom is 0.242 e. The molecule has 3 rings (SSSR count). The molecule has 1 atom stereocenters. The van der Waals surface area contributed by atoms with Gasteiger partial charge in [0.15, 0.2) is 0 Å². The van der Waals surface area contributed by atoms with E-state index in [1.807, 2.05) is 11.0 Å². The lowest BCUT2D eigenvalue weighted by Crippen LogP contribution is -2.45. The van der Waals surface area contributed by atoms with Crippen LogP contribution in [0, 0.1) is 5.92 Å². The Morgan fingerprint density at radius 1 is 1.22 bits per heavy atom. The van der Waals surface area contributed by atoms with Gasteiger partial charge < -0.3 is 9.80 Å². The first-order valence-electron chi connectivity index (χ1n) is 8.70. The van der Waals surface area contributed by atoms with E-state index < -0.39 is 0 Å². The van der Waals surface area contributed by atoms with Gasteiger partial charge in [0, 0.05) is 19.5 Å². The molecule has 1 aromatic rings. The number of carbonyl (C=O) groups excluding carboxylic acids is 2. The molecule has 4 heteroatoms. The van der Waals surface area contributed by atoms with Crippen molar-refractivity contribution in [1.82, 2.24) is 9.80 Å². The quantitative estimate of drug-likeness (QED) is 0.861. The summed E-state index contributed by atoms with van der Waals surface area (Å²) in [5.41, 5.74) is 2.57. The summed E-state index contributed by atoms with van der Waals surface area (Å²) in [7, 11) is 1.76. The Balaban J connectivity index is 1.63. The van der Waals surface area contributed by atoms with Crippen LogP contribution in [-0.4, -0.2) is 41.8 Å². The van der Waals surface area contributed by atoms with Crippen LogP contribution < -0.4 is 0 Å². The molecule has 1 aliphatic carbocycles. The van der Waals surface area contributed by atoms with Crippen LogP contribution in [0.15, 0.2) is 24.3 Å². The van der Waals surface area contributed by atoms with Gasteiger partial charge in [-0.3, -0.25) is 9.59 Å². The molecule has 0 N–H and O–H groups in total. The molecule has 2 amide bonds. The van der Waals surface area contributed by atoms with Gasteiger partial charge in [0.25, 0.3) is 0 Å². The predicted molar refractivity (Wildman–Crippen MR) is 89.9 cm³/mol. The smallest absolute Gasteiger partial charge is 0.242 e.